The Kier molecular flexibility index (Phi) is 10.3. The molecule has 5 N–H and O–H groups in total. The Morgan fingerprint density at radius 1 is 0.727 bits per heavy atom. The molecule has 19 heteroatoms. The summed E-state index contributed by atoms with van der Waals surface area (Å²) in [5, 5.41) is 55.7. The first kappa shape index (κ1) is 36.9. The van der Waals surface area contributed by atoms with Gasteiger partial charge < -0.3 is 49.2 Å². The number of aliphatic hydroxyl groups is 5. The molecule has 0 aromatic heterocycles. The van der Waals surface area contributed by atoms with Crippen LogP contribution < -0.4 is 0 Å². The fraction of sp³-hybridized carbons (Fsp3) is 0.720. The minimum absolute atomic E-state index is 0.377. The number of aliphatic hydroxyl groups excluding tert-OH is 3. The maximum Gasteiger partial charge on any atom is 0.315 e. The lowest BCUT2D eigenvalue weighted by atomic mass is 9.56. The zero-order valence-corrected chi connectivity index (χ0v) is 24.5. The molecule has 18 nitrogen and oxygen atoms in total. The SMILES string of the molecule is CC(=O)O[C@H]1[C@@H](O)[C@H](O[C@]2(C(C)=O)[C@](O)(C(C)=O)[C@@](O)(C(C)=O)[C@](OC(C)=O)(C(C)=O)O[C@@]2(F)CO)O[C@H](O)[C@H]1OC(C)=O. The van der Waals surface area contributed by atoms with Gasteiger partial charge >= 0.3 is 23.7 Å². The van der Waals surface area contributed by atoms with E-state index >= 15 is 4.39 Å². The third-order valence-electron chi connectivity index (χ3n) is 7.20. The summed E-state index contributed by atoms with van der Waals surface area (Å²) in [4.78, 5) is 88.1. The molecule has 2 aliphatic heterocycles. The Balaban J connectivity index is 3.04. The van der Waals surface area contributed by atoms with E-state index in [0.29, 0.717) is 34.6 Å². The zero-order chi connectivity index (χ0) is 34.4. The van der Waals surface area contributed by atoms with Gasteiger partial charge in [0.1, 0.15) is 12.7 Å². The van der Waals surface area contributed by atoms with E-state index in [-0.39, 0.29) is 0 Å². The number of carbonyl (C=O) groups excluding carboxylic acids is 7. The summed E-state index contributed by atoms with van der Waals surface area (Å²) in [6.45, 7) is 1.76. The van der Waals surface area contributed by atoms with Crippen molar-refractivity contribution in [1.82, 2.24) is 0 Å². The molecular weight excluding hydrogens is 607 g/mol. The van der Waals surface area contributed by atoms with Crippen molar-refractivity contribution < 1.29 is 91.9 Å². The van der Waals surface area contributed by atoms with Crippen LogP contribution in [0.3, 0.4) is 0 Å². The van der Waals surface area contributed by atoms with Gasteiger partial charge in [0.15, 0.2) is 42.1 Å². The van der Waals surface area contributed by atoms with Crippen molar-refractivity contribution in [3.8, 4) is 0 Å². The number of esters is 3. The van der Waals surface area contributed by atoms with Gasteiger partial charge in [0, 0.05) is 27.7 Å². The first-order valence-electron chi connectivity index (χ1n) is 12.7. The fourth-order valence-electron chi connectivity index (χ4n) is 5.46. The normalized spacial score (nSPS) is 40.3. The second-order valence-corrected chi connectivity index (χ2v) is 10.2. The average molecular weight is 641 g/mol. The number of ketones is 4. The number of hydrogen-bond donors (Lipinski definition) is 5. The van der Waals surface area contributed by atoms with Crippen LogP contribution in [0, 0.1) is 0 Å². The molecule has 0 bridgehead atoms. The molecule has 0 spiro atoms. The van der Waals surface area contributed by atoms with Crippen LogP contribution in [0.5, 0.6) is 0 Å². The molecule has 0 aromatic carbocycles. The number of Topliss-reactive ketones (excluding diaryl/α,β-unsaturated/α-hetero) is 4. The third kappa shape index (κ3) is 5.11. The quantitative estimate of drug-likeness (QED) is 0.114. The monoisotopic (exact) mass is 640 g/mol. The molecular formula is C25H33FO18. The van der Waals surface area contributed by atoms with E-state index in [4.69, 9.17) is 28.4 Å². The predicted octanol–water partition coefficient (Wildman–Crippen LogP) is -3.59. The Bertz CT molecular complexity index is 1250. The van der Waals surface area contributed by atoms with Crippen LogP contribution in [0.1, 0.15) is 48.5 Å². The van der Waals surface area contributed by atoms with E-state index in [1.54, 1.807) is 0 Å². The summed E-state index contributed by atoms with van der Waals surface area (Å²) in [5.74, 6) is -19.6. The fourth-order valence-corrected chi connectivity index (χ4v) is 5.46. The minimum Gasteiger partial charge on any atom is -0.455 e. The molecule has 2 saturated heterocycles. The lowest BCUT2D eigenvalue weighted by Crippen LogP contribution is -2.94. The Hall–Kier alpha value is -3.30. The molecule has 248 valence electrons. The summed E-state index contributed by atoms with van der Waals surface area (Å²) in [6, 6.07) is 0. The first-order chi connectivity index (χ1) is 20.0. The summed E-state index contributed by atoms with van der Waals surface area (Å²) in [5.41, 5.74) is -12.9. The number of carbonyl (C=O) groups is 7. The zero-order valence-electron chi connectivity index (χ0n) is 24.5. The number of halogens is 1. The largest absolute Gasteiger partial charge is 0.455 e. The molecule has 2 fully saturated rings. The van der Waals surface area contributed by atoms with Gasteiger partial charge in [0.25, 0.3) is 5.85 Å². The third-order valence-corrected chi connectivity index (χ3v) is 7.20. The van der Waals surface area contributed by atoms with Crippen molar-refractivity contribution in [2.45, 2.75) is 108 Å². The lowest BCUT2D eigenvalue weighted by molar-refractivity contribution is -0.472. The second-order valence-electron chi connectivity index (χ2n) is 10.2. The van der Waals surface area contributed by atoms with Gasteiger partial charge in [-0.05, 0) is 20.8 Å². The van der Waals surface area contributed by atoms with Crippen molar-refractivity contribution in [3.05, 3.63) is 0 Å². The van der Waals surface area contributed by atoms with Gasteiger partial charge in [0.2, 0.25) is 22.6 Å². The van der Waals surface area contributed by atoms with Crippen molar-refractivity contribution in [2.24, 2.45) is 0 Å². The highest BCUT2D eigenvalue weighted by molar-refractivity contribution is 6.09. The number of ether oxygens (including phenoxy) is 6. The molecule has 0 radical (unpaired) electrons. The van der Waals surface area contributed by atoms with E-state index in [2.05, 4.69) is 0 Å². The Labute approximate surface area is 247 Å². The second kappa shape index (κ2) is 12.2. The molecule has 10 atom stereocenters. The predicted molar refractivity (Wildman–Crippen MR) is 131 cm³/mol. The smallest absolute Gasteiger partial charge is 0.315 e. The molecule has 2 rings (SSSR count). The molecule has 0 saturated carbocycles. The summed E-state index contributed by atoms with van der Waals surface area (Å²) < 4.78 is 46.9. The number of alkyl halides is 1. The van der Waals surface area contributed by atoms with Gasteiger partial charge in [-0.2, -0.15) is 0 Å². The van der Waals surface area contributed by atoms with Crippen molar-refractivity contribution in [2.75, 3.05) is 6.61 Å². The standard InChI is InChI=1S/C25H33FO18/c1-9(28)22(37)23(38,10(2)29)25(12(4)31,42-15(7)34)44-21(26,8-27)24(22,11(3)30)43-20-16(35)17(39-13(5)32)18(19(36)41-20)40-14(6)33/h16-20,27,35-38H,8H2,1-7H3/t16-,17+,18+,19+,20+,21+,22+,23+,24+,25+/m1/s1. The van der Waals surface area contributed by atoms with Gasteiger partial charge in [-0.3, -0.25) is 38.3 Å². The van der Waals surface area contributed by atoms with E-state index in [0.717, 1.165) is 13.8 Å². The maximum absolute atomic E-state index is 17.1. The molecule has 2 aliphatic rings. The highest BCUT2D eigenvalue weighted by Gasteiger charge is 2.91. The Morgan fingerprint density at radius 3 is 1.57 bits per heavy atom. The number of hydrogen-bond acceptors (Lipinski definition) is 18. The maximum atomic E-state index is 17.1. The minimum atomic E-state index is -4.46. The van der Waals surface area contributed by atoms with Crippen LogP contribution >= 0.6 is 0 Å². The van der Waals surface area contributed by atoms with Crippen LogP contribution in [0.15, 0.2) is 0 Å². The van der Waals surface area contributed by atoms with Crippen LogP contribution in [0.2, 0.25) is 0 Å². The highest BCUT2D eigenvalue weighted by Crippen LogP contribution is 2.58. The number of rotatable bonds is 10. The van der Waals surface area contributed by atoms with Gasteiger partial charge in [-0.25, -0.2) is 4.39 Å². The topological polar surface area (TPSA) is 276 Å². The van der Waals surface area contributed by atoms with Gasteiger partial charge in [-0.15, -0.1) is 0 Å². The summed E-state index contributed by atoms with van der Waals surface area (Å²) >= 11 is 0. The van der Waals surface area contributed by atoms with Crippen LogP contribution in [0.4, 0.5) is 4.39 Å². The first-order valence-corrected chi connectivity index (χ1v) is 12.7. The molecule has 0 aromatic rings. The van der Waals surface area contributed by atoms with Gasteiger partial charge in [-0.1, -0.05) is 0 Å². The molecule has 0 amide bonds. The van der Waals surface area contributed by atoms with Gasteiger partial charge in [0.05, 0.1) is 0 Å². The molecule has 0 unspecified atom stereocenters. The van der Waals surface area contributed by atoms with Crippen molar-refractivity contribution in [1.29, 1.82) is 0 Å². The summed E-state index contributed by atoms with van der Waals surface area (Å²) in [6.07, 6.45) is -11.8. The molecule has 0 aliphatic carbocycles. The summed E-state index contributed by atoms with van der Waals surface area (Å²) in [7, 11) is 0. The average Bonchev–Trinajstić information content (AvgIpc) is 2.88. The van der Waals surface area contributed by atoms with Crippen LogP contribution in [-0.4, -0.2) is 133 Å². The molecule has 44 heavy (non-hydrogen) atoms. The highest BCUT2D eigenvalue weighted by atomic mass is 19.2. The van der Waals surface area contributed by atoms with Crippen LogP contribution in [0.25, 0.3) is 0 Å². The van der Waals surface area contributed by atoms with Crippen molar-refractivity contribution in [3.63, 3.8) is 0 Å². The van der Waals surface area contributed by atoms with E-state index in [9.17, 15) is 59.1 Å². The van der Waals surface area contributed by atoms with Crippen LogP contribution in [-0.2, 0) is 62.0 Å². The van der Waals surface area contributed by atoms with E-state index in [1.165, 1.54) is 0 Å². The lowest BCUT2D eigenvalue weighted by Gasteiger charge is -2.63. The van der Waals surface area contributed by atoms with Crippen molar-refractivity contribution >= 4 is 41.0 Å². The van der Waals surface area contributed by atoms with E-state index in [1.807, 2.05) is 0 Å². The molecule has 2 heterocycles. The van der Waals surface area contributed by atoms with E-state index < -0.39 is 107 Å². The Morgan fingerprint density at radius 2 is 1.20 bits per heavy atom.